The minimum atomic E-state index is -0.150. The molecule has 1 fully saturated rings. The maximum atomic E-state index is 13.4. The second-order valence-corrected chi connectivity index (χ2v) is 6.96. The maximum absolute atomic E-state index is 13.4. The van der Waals surface area contributed by atoms with Gasteiger partial charge in [0.05, 0.1) is 5.69 Å². The molecule has 168 valence electrons. The lowest BCUT2D eigenvalue weighted by atomic mass is 9.94. The van der Waals surface area contributed by atoms with E-state index in [2.05, 4.69) is 29.7 Å². The van der Waals surface area contributed by atoms with Gasteiger partial charge in [-0.1, -0.05) is 89.9 Å². The molecule has 30 heavy (non-hydrogen) atoms. The van der Waals surface area contributed by atoms with Gasteiger partial charge < -0.3 is 0 Å². The van der Waals surface area contributed by atoms with Crippen LogP contribution in [-0.4, -0.2) is 22.8 Å². The average molecular weight is 435 g/mol. The molecule has 0 saturated heterocycles. The molecule has 0 unspecified atom stereocenters. The largest absolute Gasteiger partial charge is 0.299 e. The molecule has 0 radical (unpaired) electrons. The molecule has 1 aromatic rings. The van der Waals surface area contributed by atoms with Gasteiger partial charge in [-0.05, 0) is 31.8 Å². The number of nitrogens with zero attached hydrogens (tertiary/aromatic N) is 4. The van der Waals surface area contributed by atoms with E-state index in [9.17, 15) is 4.79 Å². The first-order valence-electron chi connectivity index (χ1n) is 10.6. The molecule has 0 amide bonds. The molecule has 0 aromatic carbocycles. The van der Waals surface area contributed by atoms with Crippen LogP contribution in [0.4, 0.5) is 5.82 Å². The van der Waals surface area contributed by atoms with Crippen molar-refractivity contribution in [2.45, 2.75) is 79.7 Å². The Bertz CT molecular complexity index is 802. The number of rotatable bonds is 7. The van der Waals surface area contributed by atoms with Crippen LogP contribution in [0.5, 0.6) is 0 Å². The monoisotopic (exact) mass is 434 g/mol. The Morgan fingerprint density at radius 1 is 1.33 bits per heavy atom. The quantitative estimate of drug-likeness (QED) is 0.262. The van der Waals surface area contributed by atoms with E-state index < -0.39 is 0 Å². The Kier molecular flexibility index (Phi) is 13.7. The molecular weight excluding hydrogens is 396 g/mol. The van der Waals surface area contributed by atoms with Crippen molar-refractivity contribution in [3.05, 3.63) is 52.1 Å². The van der Waals surface area contributed by atoms with Crippen LogP contribution in [0.3, 0.4) is 0 Å². The van der Waals surface area contributed by atoms with Crippen molar-refractivity contribution in [3.63, 3.8) is 0 Å². The van der Waals surface area contributed by atoms with E-state index in [4.69, 9.17) is 11.6 Å². The van der Waals surface area contributed by atoms with E-state index in [0.29, 0.717) is 10.8 Å². The highest BCUT2D eigenvalue weighted by molar-refractivity contribution is 6.31. The van der Waals surface area contributed by atoms with Crippen molar-refractivity contribution in [2.75, 3.05) is 12.1 Å². The highest BCUT2D eigenvalue weighted by Gasteiger charge is 2.26. The topological polar surface area (TPSA) is 50.5 Å². The molecule has 1 heterocycles. The SMILES string of the molecule is C.C=C/C=C\C(=C/CC)c1c(Cl)nc(N(C)/N=C\C)c(=O)n1C1CCCCC1.CC. The summed E-state index contributed by atoms with van der Waals surface area (Å²) < 4.78 is 1.85. The first kappa shape index (κ1) is 27.9. The van der Waals surface area contributed by atoms with E-state index in [1.165, 1.54) is 11.4 Å². The van der Waals surface area contributed by atoms with Crippen LogP contribution < -0.4 is 10.6 Å². The van der Waals surface area contributed by atoms with Crippen molar-refractivity contribution < 1.29 is 0 Å². The molecule has 1 saturated carbocycles. The first-order valence-corrected chi connectivity index (χ1v) is 11.0. The third-order valence-corrected chi connectivity index (χ3v) is 4.96. The lowest BCUT2D eigenvalue weighted by Gasteiger charge is -2.28. The molecule has 2 rings (SSSR count). The zero-order valence-corrected chi connectivity index (χ0v) is 19.2. The third kappa shape index (κ3) is 6.98. The molecule has 0 spiro atoms. The highest BCUT2D eigenvalue weighted by Crippen LogP contribution is 2.33. The summed E-state index contributed by atoms with van der Waals surface area (Å²) in [6.07, 6.45) is 15.4. The van der Waals surface area contributed by atoms with Crippen molar-refractivity contribution in [3.8, 4) is 0 Å². The smallest absolute Gasteiger partial charge is 0.296 e. The van der Waals surface area contributed by atoms with Gasteiger partial charge in [-0.3, -0.25) is 9.36 Å². The summed E-state index contributed by atoms with van der Waals surface area (Å²) in [5, 5.41) is 5.98. The zero-order valence-electron chi connectivity index (χ0n) is 18.5. The Balaban J connectivity index is 0.00000272. The van der Waals surface area contributed by atoms with Gasteiger partial charge in [0.15, 0.2) is 5.15 Å². The fourth-order valence-corrected chi connectivity index (χ4v) is 3.80. The Morgan fingerprint density at radius 3 is 2.50 bits per heavy atom. The number of allylic oxidation sites excluding steroid dienone is 5. The highest BCUT2D eigenvalue weighted by atomic mass is 35.5. The van der Waals surface area contributed by atoms with Gasteiger partial charge in [0, 0.05) is 19.3 Å². The predicted molar refractivity (Wildman–Crippen MR) is 134 cm³/mol. The number of hydrogen-bond donors (Lipinski definition) is 0. The fourth-order valence-electron chi connectivity index (χ4n) is 3.52. The summed E-state index contributed by atoms with van der Waals surface area (Å²) in [7, 11) is 1.71. The summed E-state index contributed by atoms with van der Waals surface area (Å²) >= 11 is 6.63. The summed E-state index contributed by atoms with van der Waals surface area (Å²) in [6.45, 7) is 11.6. The van der Waals surface area contributed by atoms with Gasteiger partial charge in [-0.15, -0.1) is 0 Å². The van der Waals surface area contributed by atoms with Crippen molar-refractivity contribution in [2.24, 2.45) is 5.10 Å². The summed E-state index contributed by atoms with van der Waals surface area (Å²) in [5.41, 5.74) is 1.43. The van der Waals surface area contributed by atoms with Crippen LogP contribution in [0, 0.1) is 0 Å². The van der Waals surface area contributed by atoms with Gasteiger partial charge in [0.25, 0.3) is 5.56 Å². The fraction of sp³-hybridized carbons (Fsp3) is 0.542. The van der Waals surface area contributed by atoms with Crippen LogP contribution in [0.15, 0.2) is 40.8 Å². The van der Waals surface area contributed by atoms with Crippen LogP contribution >= 0.6 is 11.6 Å². The second-order valence-electron chi connectivity index (χ2n) is 6.60. The predicted octanol–water partition coefficient (Wildman–Crippen LogP) is 7.04. The third-order valence-electron chi connectivity index (χ3n) is 4.69. The number of anilines is 1. The molecule has 1 aliphatic rings. The van der Waals surface area contributed by atoms with Gasteiger partial charge in [0.1, 0.15) is 0 Å². The number of hydrazone groups is 1. The van der Waals surface area contributed by atoms with Crippen LogP contribution in [0.1, 0.15) is 85.4 Å². The van der Waals surface area contributed by atoms with Crippen LogP contribution in [0.2, 0.25) is 5.15 Å². The number of halogens is 1. The molecule has 0 bridgehead atoms. The maximum Gasteiger partial charge on any atom is 0.296 e. The van der Waals surface area contributed by atoms with E-state index in [1.807, 2.05) is 30.6 Å². The van der Waals surface area contributed by atoms with Gasteiger partial charge in [-0.25, -0.2) is 9.99 Å². The molecule has 6 heteroatoms. The van der Waals surface area contributed by atoms with Crippen molar-refractivity contribution >= 4 is 29.2 Å². The van der Waals surface area contributed by atoms with E-state index in [-0.39, 0.29) is 24.8 Å². The van der Waals surface area contributed by atoms with E-state index in [0.717, 1.165) is 37.7 Å². The second kappa shape index (κ2) is 14.8. The normalized spacial score (nSPS) is 14.9. The molecular formula is C24H39ClN4O. The molecule has 0 atom stereocenters. The lowest BCUT2D eigenvalue weighted by molar-refractivity contribution is 0.343. The summed E-state index contributed by atoms with van der Waals surface area (Å²) in [4.78, 5) is 17.8. The molecule has 1 aromatic heterocycles. The minimum absolute atomic E-state index is 0. The van der Waals surface area contributed by atoms with Gasteiger partial charge in [0.2, 0.25) is 5.82 Å². The Hall–Kier alpha value is -2.14. The number of hydrogen-bond acceptors (Lipinski definition) is 4. The van der Waals surface area contributed by atoms with Gasteiger partial charge in [-0.2, -0.15) is 5.10 Å². The number of aromatic nitrogens is 2. The van der Waals surface area contributed by atoms with Crippen LogP contribution in [-0.2, 0) is 0 Å². The van der Waals surface area contributed by atoms with Crippen molar-refractivity contribution in [1.82, 2.24) is 9.55 Å². The summed E-state index contributed by atoms with van der Waals surface area (Å²) in [6, 6.07) is 0.122. The van der Waals surface area contributed by atoms with E-state index in [1.54, 1.807) is 26.3 Å². The lowest BCUT2D eigenvalue weighted by Crippen LogP contribution is -2.34. The minimum Gasteiger partial charge on any atom is -0.299 e. The van der Waals surface area contributed by atoms with Crippen molar-refractivity contribution in [1.29, 1.82) is 0 Å². The first-order chi connectivity index (χ1) is 14.0. The molecule has 1 aliphatic carbocycles. The Labute approximate surface area is 187 Å². The average Bonchev–Trinajstić information content (AvgIpc) is 2.74. The van der Waals surface area contributed by atoms with Gasteiger partial charge >= 0.3 is 0 Å². The standard InChI is InChI=1S/C21H29ClN4O.C2H6.CH4/c1-5-8-13-16(12-6-2)18-19(22)24-20(25(4)23-7-3)21(27)26(18)17-14-10-9-11-15-17;1-2;/h5,7-8,12-13,17H,1,6,9-11,14-15H2,2-4H3;1-2H3;1H4/b13-8-,16-12+,23-7-;;. The Morgan fingerprint density at radius 2 is 1.97 bits per heavy atom. The zero-order chi connectivity index (χ0) is 21.8. The molecule has 0 N–H and O–H groups in total. The summed E-state index contributed by atoms with van der Waals surface area (Å²) in [5.74, 6) is 0.246. The molecule has 0 aliphatic heterocycles. The molecule has 5 nitrogen and oxygen atoms in total. The van der Waals surface area contributed by atoms with E-state index >= 15 is 0 Å². The van der Waals surface area contributed by atoms with Crippen LogP contribution in [0.25, 0.3) is 5.57 Å².